The van der Waals surface area contributed by atoms with Crippen molar-refractivity contribution in [3.8, 4) is 119 Å². The van der Waals surface area contributed by atoms with Crippen molar-refractivity contribution >= 4 is 104 Å². The van der Waals surface area contributed by atoms with Crippen LogP contribution >= 0.6 is 0 Å². The van der Waals surface area contributed by atoms with Gasteiger partial charge in [0.05, 0.1) is 142 Å². The number of hydrogen-bond donors (Lipinski definition) is 3. The van der Waals surface area contributed by atoms with E-state index in [1.54, 1.807) is 85.3 Å². The average Bonchev–Trinajstić information content (AvgIpc) is 1.54. The minimum absolute atomic E-state index is 0.441. The van der Waals surface area contributed by atoms with Crippen LogP contribution in [0.1, 0.15) is 151 Å². The van der Waals surface area contributed by atoms with Gasteiger partial charge >= 0.3 is 0 Å². The molecule has 14 bridgehead atoms. The van der Waals surface area contributed by atoms with Crippen LogP contribution in [0.4, 0.5) is 17.1 Å². The molecule has 0 spiro atoms. The van der Waals surface area contributed by atoms with Gasteiger partial charge in [0.25, 0.3) is 0 Å². The molecule has 1 aliphatic carbocycles. The molecule has 0 amide bonds. The van der Waals surface area contributed by atoms with E-state index in [0.29, 0.717) is 91.8 Å². The van der Waals surface area contributed by atoms with Gasteiger partial charge in [0, 0.05) is 72.2 Å². The Labute approximate surface area is 830 Å². The number of aliphatic imine (C=N–C) groups is 1. The number of unbranched alkanes of at least 4 members (excludes halogenated alkanes) is 6. The molecule has 0 saturated carbocycles. The zero-order valence-electron chi connectivity index (χ0n) is 82.7. The van der Waals surface area contributed by atoms with Crippen molar-refractivity contribution in [1.82, 2.24) is 29.5 Å². The van der Waals surface area contributed by atoms with Crippen molar-refractivity contribution in [2.45, 2.75) is 83.5 Å². The topological polar surface area (TPSA) is 221 Å². The minimum atomic E-state index is -0.524. The molecule has 5 aromatic heterocycles. The van der Waals surface area contributed by atoms with Gasteiger partial charge in [0.1, 0.15) is 0 Å². The molecule has 0 unspecified atom stereocenters. The summed E-state index contributed by atoms with van der Waals surface area (Å²) in [7, 11) is 19.6. The molecule has 21 rings (SSSR count). The van der Waals surface area contributed by atoms with Crippen molar-refractivity contribution in [3.05, 3.63) is 338 Å². The number of fused-ring (bicyclic) bond motifs is 14. The third-order valence-electron chi connectivity index (χ3n) is 28.1. The number of benzene rings is 9. The van der Waals surface area contributed by atoms with E-state index in [1.807, 2.05) is 82.1 Å². The van der Waals surface area contributed by atoms with Crippen molar-refractivity contribution in [1.29, 1.82) is 0 Å². The standard InChI is InChI=1S/C121H111N9O13/c1-15-17-19-27-59-121(60-28-20-18-16-2)87-61-73(111-91-47-49-95(124-91)113(75-63-103(131-3)117(139-11)104(64-75)132-4)89-45-38-79(122-89)71-80-39-46-90(123-80)114(96-50-48-92(111)125-96)76-65-105(133-5)118(140-12)106(66-76)134-6)36-43-84(87)85-44-37-74(62-88(85)121)112-93-51-53-97(126-93)115(77-67-107(135-7)119(141-13)108(68-77)136-8)101-57-55-99-86(42-35-72-33-40-83(41-34-72)128(81-29-23-21-24-30-81)82-31-25-22-26-32-82)100-56-58-102(130(100)143-129(99)101)116(98-54-52-94(112)127-98)78-69-109(137-9)120(142-14)110(70-78)138-10/h21-26,29-58,61-71H,15-20,27-28,59-60H2,1-14H3,(H2,122,123,124,125,126,127)/p+1/b42-35+,79-71?,80-71?,111-91?,111-92?,112-93?,112-94?,113-89?,113-95?,114-90?,114-96?,115-97?,115-101?,116-98?,116-102?. The normalized spacial score (nSPS) is 13.2. The number of H-pyrrole nitrogens is 3. The highest BCUT2D eigenvalue weighted by Crippen LogP contribution is 2.58. The number of rotatable bonds is 33. The number of hydrogen-bond acceptors (Lipinski definition) is 17. The summed E-state index contributed by atoms with van der Waals surface area (Å²) in [5.41, 5.74) is 29.7. The highest BCUT2D eigenvalue weighted by Gasteiger charge is 2.44. The van der Waals surface area contributed by atoms with Crippen LogP contribution in [0.25, 0.3) is 131 Å². The summed E-state index contributed by atoms with van der Waals surface area (Å²) in [5, 5.41) is 1.58. The Bertz CT molecular complexity index is 7950. The number of aromatic amines is 3. The van der Waals surface area contributed by atoms with Crippen LogP contribution in [0, 0.1) is 0 Å². The lowest BCUT2D eigenvalue weighted by Gasteiger charge is -2.33. The average molecular weight is 1900 g/mol. The third-order valence-corrected chi connectivity index (χ3v) is 28.1. The number of allylic oxidation sites excluding steroid dienone is 2. The zero-order valence-corrected chi connectivity index (χ0v) is 82.7. The molecular weight excluding hydrogens is 1790 g/mol. The summed E-state index contributed by atoms with van der Waals surface area (Å²) < 4.78 is 84.9. The van der Waals surface area contributed by atoms with Crippen molar-refractivity contribution < 1.29 is 66.2 Å². The molecule has 7 aliphatic rings. The second kappa shape index (κ2) is 39.4. The van der Waals surface area contributed by atoms with E-state index < -0.39 is 5.41 Å². The third kappa shape index (κ3) is 16.6. The number of nitrogens with one attached hydrogen (secondary N) is 3. The summed E-state index contributed by atoms with van der Waals surface area (Å²) in [6.07, 6.45) is 27.2. The Kier molecular flexibility index (Phi) is 25.5. The molecule has 6 aliphatic heterocycles. The molecule has 22 nitrogen and oxygen atoms in total. The van der Waals surface area contributed by atoms with Gasteiger partial charge in [-0.2, -0.15) is 0 Å². The molecule has 0 fully saturated rings. The Morgan fingerprint density at radius 1 is 0.371 bits per heavy atom. The van der Waals surface area contributed by atoms with Crippen LogP contribution in [0.5, 0.6) is 69.0 Å². The number of anilines is 3. The molecule has 0 radical (unpaired) electrons. The van der Waals surface area contributed by atoms with E-state index in [9.17, 15) is 0 Å². The van der Waals surface area contributed by atoms with Gasteiger partial charge < -0.3 is 76.7 Å². The van der Waals surface area contributed by atoms with Gasteiger partial charge in [0.15, 0.2) is 68.6 Å². The van der Waals surface area contributed by atoms with Gasteiger partial charge in [0.2, 0.25) is 23.0 Å². The SMILES string of the molecule is CCCCCCC1(CCCCCC)c2cc(C3=c4ccc([nH]4)=C(c4cc(OC)c(OC)c(OC)c4)c4ccc5c(/C=C/c6ccc(N(c7ccccc7)c7ccccc7)cc6)c6ccc(n6o[n+]4-5)C(c4cc(OC)c(OC)c(OC)c4)=C4C=CC3=N4)ccc2-c2ccc(-c3c4nc(c(-c5cc(OC)c(OC)c(OC)c5)c5ccc(cc6nc(c(-c7cc(OC)c(OC)c(OC)c7)c7ccc3[nH]7)C=C6)[nH]5)C=C4)cc21. The van der Waals surface area contributed by atoms with Crippen molar-refractivity contribution in [2.24, 2.45) is 4.99 Å². The maximum atomic E-state index is 7.61. The second-order valence-electron chi connectivity index (χ2n) is 36.1. The van der Waals surface area contributed by atoms with Crippen LogP contribution in [0.15, 0.2) is 264 Å². The molecule has 143 heavy (non-hydrogen) atoms. The number of aromatic nitrogens is 7. The van der Waals surface area contributed by atoms with Gasteiger partial charge in [-0.05, 0) is 290 Å². The fraction of sp³-hybridized carbons (Fsp3) is 0.207. The van der Waals surface area contributed by atoms with E-state index in [1.165, 1.54) is 22.3 Å². The lowest BCUT2D eigenvalue weighted by molar-refractivity contribution is -0.803. The second-order valence-corrected chi connectivity index (χ2v) is 36.1. The predicted molar refractivity (Wildman–Crippen MR) is 570 cm³/mol. The first-order valence-electron chi connectivity index (χ1n) is 48.5. The van der Waals surface area contributed by atoms with Crippen LogP contribution in [-0.2, 0) is 5.41 Å². The number of nitrogens with zero attached hydrogens (tertiary/aromatic N) is 6. The first-order valence-corrected chi connectivity index (χ1v) is 48.5. The van der Waals surface area contributed by atoms with Gasteiger partial charge in [-0.15, -0.1) is 4.63 Å². The Morgan fingerprint density at radius 2 is 0.839 bits per heavy atom. The van der Waals surface area contributed by atoms with E-state index in [0.717, 1.165) is 226 Å². The molecule has 3 N–H and O–H groups in total. The smallest absolute Gasteiger partial charge is 0.203 e. The fourth-order valence-electron chi connectivity index (χ4n) is 21.5. The van der Waals surface area contributed by atoms with Crippen LogP contribution in [0.2, 0.25) is 0 Å². The molecule has 718 valence electrons. The summed E-state index contributed by atoms with van der Waals surface area (Å²) in [6, 6.07) is 83.2. The molecule has 9 aromatic carbocycles. The van der Waals surface area contributed by atoms with Crippen LogP contribution in [-0.4, -0.2) is 121 Å². The highest BCUT2D eigenvalue weighted by atomic mass is 16.6. The monoisotopic (exact) mass is 1900 g/mol. The Hall–Kier alpha value is -16.9. The molecule has 22 heteroatoms. The highest BCUT2D eigenvalue weighted by molar-refractivity contribution is 6.30. The number of ether oxygens (including phenoxy) is 12. The van der Waals surface area contributed by atoms with E-state index in [4.69, 9.17) is 76.4 Å². The summed E-state index contributed by atoms with van der Waals surface area (Å²) in [5.74, 6) is 5.70. The summed E-state index contributed by atoms with van der Waals surface area (Å²) in [4.78, 5) is 31.5. The summed E-state index contributed by atoms with van der Waals surface area (Å²) >= 11 is 0. The number of para-hydroxylation sites is 2. The predicted octanol–water partition coefficient (Wildman–Crippen LogP) is 25.7. The first-order chi connectivity index (χ1) is 70.2. The summed E-state index contributed by atoms with van der Waals surface area (Å²) in [6.45, 7) is 4.59. The quantitative estimate of drug-likeness (QED) is 0.0257. The van der Waals surface area contributed by atoms with E-state index in [2.05, 4.69) is 246 Å². The fourth-order valence-corrected chi connectivity index (χ4v) is 21.5. The van der Waals surface area contributed by atoms with Crippen LogP contribution < -0.4 is 77.2 Å². The molecule has 0 atom stereocenters. The maximum Gasteiger partial charge on any atom is 0.203 e. The lowest BCUT2D eigenvalue weighted by Crippen LogP contribution is -2.37. The molecule has 11 heterocycles. The Balaban J connectivity index is 0.804. The van der Waals surface area contributed by atoms with Gasteiger partial charge in [-0.25, -0.2) is 15.0 Å². The molecular formula is C121H112N9O13+. The zero-order chi connectivity index (χ0) is 98.3. The van der Waals surface area contributed by atoms with Gasteiger partial charge in [-0.3, -0.25) is 0 Å². The molecule has 14 aromatic rings. The Morgan fingerprint density at radius 3 is 1.36 bits per heavy atom. The van der Waals surface area contributed by atoms with Crippen molar-refractivity contribution in [3.63, 3.8) is 0 Å². The van der Waals surface area contributed by atoms with Crippen molar-refractivity contribution in [2.75, 3.05) is 90.2 Å². The van der Waals surface area contributed by atoms with Crippen LogP contribution in [0.3, 0.4) is 0 Å². The van der Waals surface area contributed by atoms with E-state index in [-0.39, 0.29) is 0 Å². The van der Waals surface area contributed by atoms with E-state index >= 15 is 0 Å². The first kappa shape index (κ1) is 92.5. The lowest BCUT2D eigenvalue weighted by atomic mass is 9.70. The minimum Gasteiger partial charge on any atom is -0.493 e. The maximum absolute atomic E-state index is 7.61. The molecule has 0 saturated heterocycles. The number of methoxy groups -OCH3 is 12. The van der Waals surface area contributed by atoms with Gasteiger partial charge in [-0.1, -0.05) is 144 Å². The largest absolute Gasteiger partial charge is 0.493 e.